The fourth-order valence-corrected chi connectivity index (χ4v) is 4.18. The smallest absolute Gasteiger partial charge is 0.317 e. The van der Waals surface area contributed by atoms with E-state index < -0.39 is 0 Å². The Balaban J connectivity index is 1.35. The molecule has 0 radical (unpaired) electrons. The summed E-state index contributed by atoms with van der Waals surface area (Å²) in [5, 5.41) is 3.99. The van der Waals surface area contributed by atoms with Crippen molar-refractivity contribution < 1.29 is 9.21 Å². The van der Waals surface area contributed by atoms with Crippen LogP contribution in [-0.4, -0.2) is 42.1 Å². The minimum absolute atomic E-state index is 0.0368. The average Bonchev–Trinajstić information content (AvgIpc) is 3.18. The van der Waals surface area contributed by atoms with Gasteiger partial charge >= 0.3 is 6.03 Å². The van der Waals surface area contributed by atoms with Gasteiger partial charge in [-0.25, -0.2) is 9.78 Å². The van der Waals surface area contributed by atoms with E-state index in [1.165, 1.54) is 4.70 Å². The highest BCUT2D eigenvalue weighted by molar-refractivity contribution is 7.22. The van der Waals surface area contributed by atoms with E-state index in [1.54, 1.807) is 11.3 Å². The van der Waals surface area contributed by atoms with Crippen LogP contribution in [0.4, 0.5) is 9.93 Å². The molecule has 1 aromatic carbocycles. The zero-order valence-corrected chi connectivity index (χ0v) is 15.6. The molecule has 3 aromatic rings. The van der Waals surface area contributed by atoms with E-state index >= 15 is 0 Å². The topological polar surface area (TPSA) is 61.6 Å². The second kappa shape index (κ2) is 7.37. The molecule has 1 aliphatic rings. The van der Waals surface area contributed by atoms with E-state index in [-0.39, 0.29) is 6.03 Å². The lowest BCUT2D eigenvalue weighted by Crippen LogP contribution is -2.41. The standard InChI is InChI=1S/C19H22N4O2S/c1-14-7-8-15(25-14)13-20-18(24)22-9-4-10-23(12-11-22)19-21-16-5-2-3-6-17(16)26-19/h2-3,5-8H,4,9-13H2,1H3,(H,20,24). The van der Waals surface area contributed by atoms with Gasteiger partial charge in [-0.2, -0.15) is 0 Å². The van der Waals surface area contributed by atoms with Crippen LogP contribution in [0.3, 0.4) is 0 Å². The number of rotatable bonds is 3. The molecule has 136 valence electrons. The van der Waals surface area contributed by atoms with Gasteiger partial charge in [0.25, 0.3) is 0 Å². The summed E-state index contributed by atoms with van der Waals surface area (Å²) in [6.45, 7) is 5.49. The number of nitrogens with one attached hydrogen (secondary N) is 1. The summed E-state index contributed by atoms with van der Waals surface area (Å²) in [6, 6.07) is 12.0. The lowest BCUT2D eigenvalue weighted by Gasteiger charge is -2.21. The number of hydrogen-bond donors (Lipinski definition) is 1. The molecule has 2 amide bonds. The molecular formula is C19H22N4O2S. The highest BCUT2D eigenvalue weighted by Gasteiger charge is 2.21. The van der Waals surface area contributed by atoms with Crippen LogP contribution < -0.4 is 10.2 Å². The number of carbonyl (C=O) groups is 1. The van der Waals surface area contributed by atoms with Gasteiger partial charge < -0.3 is 19.5 Å². The molecule has 26 heavy (non-hydrogen) atoms. The Bertz CT molecular complexity index is 871. The van der Waals surface area contributed by atoms with Crippen molar-refractivity contribution in [2.24, 2.45) is 0 Å². The molecule has 0 spiro atoms. The number of amides is 2. The van der Waals surface area contributed by atoms with Crippen LogP contribution in [-0.2, 0) is 6.54 Å². The molecule has 2 aromatic heterocycles. The van der Waals surface area contributed by atoms with E-state index in [9.17, 15) is 4.79 Å². The third kappa shape index (κ3) is 3.67. The number of aryl methyl sites for hydroxylation is 1. The Morgan fingerprint density at radius 1 is 1.19 bits per heavy atom. The molecule has 0 bridgehead atoms. The molecule has 7 heteroatoms. The maximum atomic E-state index is 12.5. The highest BCUT2D eigenvalue weighted by Crippen LogP contribution is 2.29. The first-order valence-electron chi connectivity index (χ1n) is 8.88. The summed E-state index contributed by atoms with van der Waals surface area (Å²) >= 11 is 1.72. The SMILES string of the molecule is Cc1ccc(CNC(=O)N2CCCN(c3nc4ccccc4s3)CC2)o1. The largest absolute Gasteiger partial charge is 0.465 e. The van der Waals surface area contributed by atoms with Crippen molar-refractivity contribution in [2.75, 3.05) is 31.1 Å². The monoisotopic (exact) mass is 370 g/mol. The van der Waals surface area contributed by atoms with Gasteiger partial charge in [0.2, 0.25) is 0 Å². The predicted molar refractivity (Wildman–Crippen MR) is 104 cm³/mol. The number of furan rings is 1. The second-order valence-corrected chi connectivity index (χ2v) is 7.47. The third-order valence-corrected chi connectivity index (χ3v) is 5.64. The first-order valence-corrected chi connectivity index (χ1v) is 9.69. The van der Waals surface area contributed by atoms with Crippen LogP contribution >= 0.6 is 11.3 Å². The Kier molecular flexibility index (Phi) is 4.79. The van der Waals surface area contributed by atoms with Crippen LogP contribution in [0.1, 0.15) is 17.9 Å². The molecule has 1 fully saturated rings. The number of anilines is 1. The van der Waals surface area contributed by atoms with Crippen LogP contribution in [0, 0.1) is 6.92 Å². The fraction of sp³-hybridized carbons (Fsp3) is 0.368. The van der Waals surface area contributed by atoms with Gasteiger partial charge in [-0.05, 0) is 37.6 Å². The summed E-state index contributed by atoms with van der Waals surface area (Å²) in [4.78, 5) is 21.4. The maximum absolute atomic E-state index is 12.5. The van der Waals surface area contributed by atoms with Crippen molar-refractivity contribution >= 4 is 32.7 Å². The molecule has 1 N–H and O–H groups in total. The molecule has 0 saturated carbocycles. The number of urea groups is 1. The van der Waals surface area contributed by atoms with E-state index in [4.69, 9.17) is 9.40 Å². The average molecular weight is 370 g/mol. The first kappa shape index (κ1) is 16.9. The first-order chi connectivity index (χ1) is 12.7. The summed E-state index contributed by atoms with van der Waals surface area (Å²) in [7, 11) is 0. The van der Waals surface area contributed by atoms with Gasteiger partial charge in [-0.15, -0.1) is 0 Å². The van der Waals surface area contributed by atoms with Gasteiger partial charge in [0, 0.05) is 26.2 Å². The van der Waals surface area contributed by atoms with Gasteiger partial charge in [0.05, 0.1) is 16.8 Å². The van der Waals surface area contributed by atoms with E-state index in [0.717, 1.165) is 48.2 Å². The van der Waals surface area contributed by atoms with E-state index in [2.05, 4.69) is 16.3 Å². The Labute approximate surface area is 156 Å². The summed E-state index contributed by atoms with van der Waals surface area (Å²) in [5.74, 6) is 1.64. The quantitative estimate of drug-likeness (QED) is 0.765. The maximum Gasteiger partial charge on any atom is 0.317 e. The predicted octanol–water partition coefficient (Wildman–Crippen LogP) is 3.62. The van der Waals surface area contributed by atoms with Crippen molar-refractivity contribution in [1.29, 1.82) is 0 Å². The van der Waals surface area contributed by atoms with Gasteiger partial charge in [-0.1, -0.05) is 23.5 Å². The zero-order chi connectivity index (χ0) is 17.9. The van der Waals surface area contributed by atoms with Gasteiger partial charge in [0.1, 0.15) is 11.5 Å². The minimum Gasteiger partial charge on any atom is -0.465 e. The van der Waals surface area contributed by atoms with Crippen molar-refractivity contribution in [3.63, 3.8) is 0 Å². The number of benzene rings is 1. The molecule has 0 unspecified atom stereocenters. The van der Waals surface area contributed by atoms with E-state index in [1.807, 2.05) is 42.2 Å². The van der Waals surface area contributed by atoms with Crippen LogP contribution in [0.2, 0.25) is 0 Å². The molecule has 0 aliphatic carbocycles. The Hall–Kier alpha value is -2.54. The second-order valence-electron chi connectivity index (χ2n) is 6.46. The Morgan fingerprint density at radius 3 is 2.88 bits per heavy atom. The van der Waals surface area contributed by atoms with Crippen molar-refractivity contribution in [2.45, 2.75) is 19.9 Å². The number of hydrogen-bond acceptors (Lipinski definition) is 5. The number of fused-ring (bicyclic) bond motifs is 1. The normalized spacial score (nSPS) is 15.3. The van der Waals surface area contributed by atoms with E-state index in [0.29, 0.717) is 13.1 Å². The number of para-hydroxylation sites is 1. The molecule has 0 atom stereocenters. The summed E-state index contributed by atoms with van der Waals surface area (Å²) < 4.78 is 6.71. The minimum atomic E-state index is -0.0368. The molecule has 6 nitrogen and oxygen atoms in total. The lowest BCUT2D eigenvalue weighted by atomic mass is 10.3. The van der Waals surface area contributed by atoms with Gasteiger partial charge in [0.15, 0.2) is 5.13 Å². The van der Waals surface area contributed by atoms with Crippen molar-refractivity contribution in [3.8, 4) is 0 Å². The number of nitrogens with zero attached hydrogens (tertiary/aromatic N) is 3. The number of aromatic nitrogens is 1. The lowest BCUT2D eigenvalue weighted by molar-refractivity contribution is 0.200. The fourth-order valence-electron chi connectivity index (χ4n) is 3.16. The highest BCUT2D eigenvalue weighted by atomic mass is 32.1. The molecule has 1 saturated heterocycles. The molecule has 3 heterocycles. The van der Waals surface area contributed by atoms with Crippen LogP contribution in [0.25, 0.3) is 10.2 Å². The Morgan fingerprint density at radius 2 is 2.08 bits per heavy atom. The number of thiazole rings is 1. The third-order valence-electron chi connectivity index (χ3n) is 4.55. The zero-order valence-electron chi connectivity index (χ0n) is 14.8. The number of carbonyl (C=O) groups excluding carboxylic acids is 1. The molecule has 4 rings (SSSR count). The van der Waals surface area contributed by atoms with Crippen LogP contribution in [0.5, 0.6) is 0 Å². The molecular weight excluding hydrogens is 348 g/mol. The summed E-state index contributed by atoms with van der Waals surface area (Å²) in [5.41, 5.74) is 1.04. The summed E-state index contributed by atoms with van der Waals surface area (Å²) in [6.07, 6.45) is 0.934. The van der Waals surface area contributed by atoms with Crippen LogP contribution in [0.15, 0.2) is 40.8 Å². The molecule has 1 aliphatic heterocycles. The van der Waals surface area contributed by atoms with Gasteiger partial charge in [-0.3, -0.25) is 0 Å². The van der Waals surface area contributed by atoms with Crippen molar-refractivity contribution in [3.05, 3.63) is 47.9 Å². The van der Waals surface area contributed by atoms with Crippen molar-refractivity contribution in [1.82, 2.24) is 15.2 Å².